The summed E-state index contributed by atoms with van der Waals surface area (Å²) in [6.07, 6.45) is 1.00. The van der Waals surface area contributed by atoms with E-state index >= 15 is 0 Å². The van der Waals surface area contributed by atoms with E-state index < -0.39 is 11.5 Å². The van der Waals surface area contributed by atoms with Crippen molar-refractivity contribution in [3.05, 3.63) is 35.4 Å². The third-order valence-electron chi connectivity index (χ3n) is 3.63. The summed E-state index contributed by atoms with van der Waals surface area (Å²) in [6.45, 7) is 9.88. The number of hydrogen-bond acceptors (Lipinski definition) is 2. The van der Waals surface area contributed by atoms with Gasteiger partial charge in [-0.1, -0.05) is 52.0 Å². The molecule has 4 heteroatoms. The van der Waals surface area contributed by atoms with Crippen LogP contribution in [0.1, 0.15) is 45.7 Å². The largest absolute Gasteiger partial charge is 0.344 e. The van der Waals surface area contributed by atoms with E-state index in [1.165, 1.54) is 5.56 Å². The first kappa shape index (κ1) is 18.2. The number of rotatable bonds is 5. The summed E-state index contributed by atoms with van der Waals surface area (Å²) in [6, 6.07) is 7.73. The minimum atomic E-state index is -0.522. The molecule has 1 aromatic rings. The monoisotopic (exact) mass is 304 g/mol. The molecule has 0 heterocycles. The Morgan fingerprint density at radius 2 is 1.64 bits per heavy atom. The molecule has 1 aromatic carbocycles. The first-order valence-corrected chi connectivity index (χ1v) is 7.79. The van der Waals surface area contributed by atoms with Crippen molar-refractivity contribution in [2.24, 2.45) is 5.41 Å². The number of hydrogen-bond donors (Lipinski definition) is 1. The normalized spacial score (nSPS) is 12.6. The topological polar surface area (TPSA) is 49.4 Å². The molecule has 0 spiro atoms. The summed E-state index contributed by atoms with van der Waals surface area (Å²) in [5, 5.41) is 2.77. The molecule has 0 aliphatic heterocycles. The first-order chi connectivity index (χ1) is 10.1. The van der Waals surface area contributed by atoms with Gasteiger partial charge in [-0.15, -0.1) is 0 Å². The highest BCUT2D eigenvalue weighted by Gasteiger charge is 2.26. The molecular formula is C18H28N2O2. The second-order valence-electron chi connectivity index (χ2n) is 6.81. The van der Waals surface area contributed by atoms with Crippen LogP contribution in [0.3, 0.4) is 0 Å². The molecule has 22 heavy (non-hydrogen) atoms. The molecular weight excluding hydrogens is 276 g/mol. The highest BCUT2D eigenvalue weighted by Crippen LogP contribution is 2.13. The number of aryl methyl sites for hydroxylation is 1. The molecule has 0 aliphatic rings. The van der Waals surface area contributed by atoms with Gasteiger partial charge in [0.2, 0.25) is 11.8 Å². The van der Waals surface area contributed by atoms with Crippen LogP contribution in [0, 0.1) is 5.41 Å². The van der Waals surface area contributed by atoms with E-state index in [0.717, 1.165) is 12.0 Å². The molecule has 4 nitrogen and oxygen atoms in total. The summed E-state index contributed by atoms with van der Waals surface area (Å²) in [5.41, 5.74) is 1.87. The zero-order valence-electron chi connectivity index (χ0n) is 14.6. The Labute approximate surface area is 133 Å². The van der Waals surface area contributed by atoms with Gasteiger partial charge in [0.1, 0.15) is 6.04 Å². The lowest BCUT2D eigenvalue weighted by atomic mass is 9.95. The van der Waals surface area contributed by atoms with Crippen LogP contribution in [0.2, 0.25) is 0 Å². The van der Waals surface area contributed by atoms with E-state index in [4.69, 9.17) is 0 Å². The number of nitrogens with one attached hydrogen (secondary N) is 1. The van der Waals surface area contributed by atoms with Gasteiger partial charge in [-0.25, -0.2) is 0 Å². The number of amides is 2. The number of carbonyl (C=O) groups is 2. The summed E-state index contributed by atoms with van der Waals surface area (Å²) in [7, 11) is 1.76. The Hall–Kier alpha value is -1.84. The van der Waals surface area contributed by atoms with E-state index in [-0.39, 0.29) is 11.8 Å². The molecule has 1 unspecified atom stereocenters. The van der Waals surface area contributed by atoms with Crippen molar-refractivity contribution in [3.8, 4) is 0 Å². The molecule has 0 radical (unpaired) electrons. The fraction of sp³-hybridized carbons (Fsp3) is 0.556. The van der Waals surface area contributed by atoms with Crippen LogP contribution in [-0.4, -0.2) is 29.8 Å². The number of nitrogens with zero attached hydrogens (tertiary/aromatic N) is 1. The van der Waals surface area contributed by atoms with Crippen LogP contribution < -0.4 is 5.32 Å². The van der Waals surface area contributed by atoms with Crippen molar-refractivity contribution in [1.82, 2.24) is 10.2 Å². The second kappa shape index (κ2) is 7.43. The van der Waals surface area contributed by atoms with Crippen molar-refractivity contribution in [2.45, 2.75) is 53.6 Å². The van der Waals surface area contributed by atoms with Crippen molar-refractivity contribution in [2.75, 3.05) is 7.05 Å². The van der Waals surface area contributed by atoms with Crippen LogP contribution in [-0.2, 0) is 22.6 Å². The zero-order chi connectivity index (χ0) is 16.9. The molecule has 0 aliphatic carbocycles. The minimum Gasteiger partial charge on any atom is -0.344 e. The van der Waals surface area contributed by atoms with Crippen LogP contribution in [0.5, 0.6) is 0 Å². The quantitative estimate of drug-likeness (QED) is 0.909. The molecule has 0 fully saturated rings. The summed E-state index contributed by atoms with van der Waals surface area (Å²) in [4.78, 5) is 25.9. The number of carbonyl (C=O) groups excluding carboxylic acids is 2. The summed E-state index contributed by atoms with van der Waals surface area (Å²) >= 11 is 0. The molecule has 1 atom stereocenters. The van der Waals surface area contributed by atoms with Gasteiger partial charge in [-0.3, -0.25) is 9.59 Å². The van der Waals surface area contributed by atoms with Crippen LogP contribution >= 0.6 is 0 Å². The van der Waals surface area contributed by atoms with Gasteiger partial charge >= 0.3 is 0 Å². The molecule has 0 saturated heterocycles. The van der Waals surface area contributed by atoms with E-state index in [1.54, 1.807) is 18.9 Å². The molecule has 1 N–H and O–H groups in total. The molecule has 0 aromatic heterocycles. The fourth-order valence-corrected chi connectivity index (χ4v) is 2.04. The van der Waals surface area contributed by atoms with Gasteiger partial charge in [0.15, 0.2) is 0 Å². The molecule has 0 bridgehead atoms. The van der Waals surface area contributed by atoms with Gasteiger partial charge in [0.25, 0.3) is 0 Å². The number of benzene rings is 1. The third kappa shape index (κ3) is 5.17. The molecule has 0 saturated carbocycles. The van der Waals surface area contributed by atoms with E-state index in [2.05, 4.69) is 24.4 Å². The van der Waals surface area contributed by atoms with Crippen LogP contribution in [0.15, 0.2) is 24.3 Å². The Kier molecular flexibility index (Phi) is 6.15. The van der Waals surface area contributed by atoms with Gasteiger partial charge < -0.3 is 10.2 Å². The van der Waals surface area contributed by atoms with Crippen LogP contribution in [0.4, 0.5) is 0 Å². The van der Waals surface area contributed by atoms with Crippen molar-refractivity contribution < 1.29 is 9.59 Å². The van der Waals surface area contributed by atoms with Crippen molar-refractivity contribution >= 4 is 11.8 Å². The standard InChI is InChI=1S/C18H28N2O2/c1-7-14-8-10-15(11-9-14)12-20(6)16(21)13(2)19-17(22)18(3,4)5/h8-11,13H,7,12H2,1-6H3,(H,19,22). The summed E-state index contributed by atoms with van der Waals surface area (Å²) < 4.78 is 0. The zero-order valence-corrected chi connectivity index (χ0v) is 14.6. The fourth-order valence-electron chi connectivity index (χ4n) is 2.04. The summed E-state index contributed by atoms with van der Waals surface area (Å²) in [5.74, 6) is -0.203. The highest BCUT2D eigenvalue weighted by molar-refractivity contribution is 5.89. The Morgan fingerprint density at radius 1 is 1.14 bits per heavy atom. The first-order valence-electron chi connectivity index (χ1n) is 7.79. The highest BCUT2D eigenvalue weighted by atomic mass is 16.2. The Bertz CT molecular complexity index is 515. The minimum absolute atomic E-state index is 0.0860. The predicted molar refractivity (Wildman–Crippen MR) is 89.4 cm³/mol. The third-order valence-corrected chi connectivity index (χ3v) is 3.63. The van der Waals surface area contributed by atoms with Gasteiger partial charge in [0.05, 0.1) is 0 Å². The van der Waals surface area contributed by atoms with Crippen molar-refractivity contribution in [3.63, 3.8) is 0 Å². The van der Waals surface area contributed by atoms with E-state index in [1.807, 2.05) is 32.9 Å². The molecule has 122 valence electrons. The number of likely N-dealkylation sites (N-methyl/N-ethyl adjacent to an activating group) is 1. The maximum Gasteiger partial charge on any atom is 0.244 e. The van der Waals surface area contributed by atoms with Crippen molar-refractivity contribution in [1.29, 1.82) is 0 Å². The van der Waals surface area contributed by atoms with Gasteiger partial charge in [-0.2, -0.15) is 0 Å². The predicted octanol–water partition coefficient (Wildman–Crippen LogP) is 2.76. The van der Waals surface area contributed by atoms with Crippen LogP contribution in [0.25, 0.3) is 0 Å². The van der Waals surface area contributed by atoms with E-state index in [9.17, 15) is 9.59 Å². The lowest BCUT2D eigenvalue weighted by molar-refractivity contribution is -0.137. The average Bonchev–Trinajstić information content (AvgIpc) is 2.46. The lowest BCUT2D eigenvalue weighted by Gasteiger charge is -2.25. The Morgan fingerprint density at radius 3 is 2.09 bits per heavy atom. The average molecular weight is 304 g/mol. The van der Waals surface area contributed by atoms with E-state index in [0.29, 0.717) is 6.54 Å². The maximum absolute atomic E-state index is 12.3. The SMILES string of the molecule is CCc1ccc(CN(C)C(=O)C(C)NC(=O)C(C)(C)C)cc1. The maximum atomic E-state index is 12.3. The molecule has 1 rings (SSSR count). The Balaban J connectivity index is 2.61. The smallest absolute Gasteiger partial charge is 0.244 e. The lowest BCUT2D eigenvalue weighted by Crippen LogP contribution is -2.48. The molecule has 2 amide bonds. The van der Waals surface area contributed by atoms with Gasteiger partial charge in [-0.05, 0) is 24.5 Å². The second-order valence-corrected chi connectivity index (χ2v) is 6.81. The van der Waals surface area contributed by atoms with Gasteiger partial charge in [0, 0.05) is 19.0 Å².